The number of rotatable bonds is 12. The Balaban J connectivity index is 1.67. The van der Waals surface area contributed by atoms with Crippen LogP contribution in [-0.2, 0) is 17.6 Å². The first-order valence-corrected chi connectivity index (χ1v) is 14.1. The average Bonchev–Trinajstić information content (AvgIpc) is 3.37. The van der Waals surface area contributed by atoms with E-state index < -0.39 is 0 Å². The molecule has 0 heterocycles. The van der Waals surface area contributed by atoms with Crippen molar-refractivity contribution in [3.63, 3.8) is 0 Å². The van der Waals surface area contributed by atoms with Crippen LogP contribution in [0.1, 0.15) is 96.5 Å². The Morgan fingerprint density at radius 1 is 0.895 bits per heavy atom. The highest BCUT2D eigenvalue weighted by molar-refractivity contribution is 6.02. The Kier molecular flexibility index (Phi) is 9.44. The van der Waals surface area contributed by atoms with Crippen molar-refractivity contribution in [2.75, 3.05) is 0 Å². The summed E-state index contributed by atoms with van der Waals surface area (Å²) >= 11 is 0. The van der Waals surface area contributed by atoms with Crippen LogP contribution < -0.4 is 0 Å². The van der Waals surface area contributed by atoms with E-state index in [1.165, 1.54) is 28.8 Å². The minimum atomic E-state index is -0.299. The summed E-state index contributed by atoms with van der Waals surface area (Å²) in [6.45, 7) is 6.30. The molecule has 0 spiro atoms. The van der Waals surface area contributed by atoms with Crippen molar-refractivity contribution < 1.29 is 14.0 Å². The fourth-order valence-electron chi connectivity index (χ4n) is 5.87. The van der Waals surface area contributed by atoms with E-state index in [4.69, 9.17) is 0 Å². The van der Waals surface area contributed by atoms with Gasteiger partial charge >= 0.3 is 0 Å². The zero-order valence-corrected chi connectivity index (χ0v) is 22.9. The quantitative estimate of drug-likeness (QED) is 0.180. The average molecular weight is 511 g/mol. The van der Waals surface area contributed by atoms with Crippen LogP contribution in [0.3, 0.4) is 0 Å². The Bertz CT molecular complexity index is 1300. The van der Waals surface area contributed by atoms with E-state index in [9.17, 15) is 14.0 Å². The van der Waals surface area contributed by atoms with Gasteiger partial charge in [0.15, 0.2) is 5.78 Å². The van der Waals surface area contributed by atoms with Gasteiger partial charge in [-0.3, -0.25) is 9.59 Å². The Morgan fingerprint density at radius 2 is 1.66 bits per heavy atom. The summed E-state index contributed by atoms with van der Waals surface area (Å²) in [4.78, 5) is 26.5. The molecule has 0 saturated heterocycles. The molecule has 0 saturated carbocycles. The standard InChI is InChI=1S/C35H39FO2/c1-4-6-7-13-29(37)21-18-26-12-10-15-32(30(26)5-2)33-22-27(25-16-19-28(36)20-17-25)23-34(33)35(38)31-14-9-8-11-24(31)3/h8-12,14-17,19-20,23,33-34H,4-7,13,18,21-22H2,1-3H3. The Hall–Kier alpha value is -3.33. The van der Waals surface area contributed by atoms with Gasteiger partial charge in [-0.15, -0.1) is 0 Å². The zero-order chi connectivity index (χ0) is 27.1. The van der Waals surface area contributed by atoms with Crippen LogP contribution in [0.25, 0.3) is 5.57 Å². The van der Waals surface area contributed by atoms with Gasteiger partial charge in [-0.25, -0.2) is 4.39 Å². The van der Waals surface area contributed by atoms with Crippen molar-refractivity contribution in [1.82, 2.24) is 0 Å². The molecule has 1 aliphatic carbocycles. The molecule has 2 nitrogen and oxygen atoms in total. The van der Waals surface area contributed by atoms with E-state index in [0.29, 0.717) is 18.6 Å². The fraction of sp³-hybridized carbons (Fsp3) is 0.371. The molecule has 3 heteroatoms. The van der Waals surface area contributed by atoms with Crippen LogP contribution in [0.15, 0.2) is 72.8 Å². The van der Waals surface area contributed by atoms with Crippen molar-refractivity contribution in [1.29, 1.82) is 0 Å². The molecular weight excluding hydrogens is 471 g/mol. The predicted molar refractivity (Wildman–Crippen MR) is 154 cm³/mol. The molecule has 0 N–H and O–H groups in total. The number of halogens is 1. The number of allylic oxidation sites excluding steroid dienone is 2. The molecule has 0 aromatic heterocycles. The zero-order valence-electron chi connectivity index (χ0n) is 22.9. The molecule has 0 amide bonds. The lowest BCUT2D eigenvalue weighted by atomic mass is 9.79. The van der Waals surface area contributed by atoms with Gasteiger partial charge in [0, 0.05) is 30.2 Å². The van der Waals surface area contributed by atoms with Gasteiger partial charge in [0.05, 0.1) is 0 Å². The summed E-state index contributed by atoms with van der Waals surface area (Å²) in [6, 6.07) is 20.7. The van der Waals surface area contributed by atoms with Crippen LogP contribution >= 0.6 is 0 Å². The van der Waals surface area contributed by atoms with E-state index in [-0.39, 0.29) is 23.4 Å². The highest BCUT2D eigenvalue weighted by Gasteiger charge is 2.36. The lowest BCUT2D eigenvalue weighted by molar-refractivity contribution is -0.119. The first-order chi connectivity index (χ1) is 18.4. The third-order valence-electron chi connectivity index (χ3n) is 7.98. The number of hydrogen-bond acceptors (Lipinski definition) is 2. The highest BCUT2D eigenvalue weighted by atomic mass is 19.1. The summed E-state index contributed by atoms with van der Waals surface area (Å²) in [7, 11) is 0. The monoisotopic (exact) mass is 510 g/mol. The van der Waals surface area contributed by atoms with Gasteiger partial charge in [-0.05, 0) is 78.1 Å². The minimum Gasteiger partial charge on any atom is -0.300 e. The fourth-order valence-corrected chi connectivity index (χ4v) is 5.87. The van der Waals surface area contributed by atoms with Crippen molar-refractivity contribution in [3.05, 3.63) is 112 Å². The molecule has 3 aromatic rings. The number of unbranched alkanes of at least 4 members (excludes halogenated alkanes) is 2. The summed E-state index contributed by atoms with van der Waals surface area (Å²) in [5.74, 6) is -0.102. The first kappa shape index (κ1) is 27.7. The summed E-state index contributed by atoms with van der Waals surface area (Å²) < 4.78 is 13.6. The molecule has 0 radical (unpaired) electrons. The van der Waals surface area contributed by atoms with Crippen molar-refractivity contribution in [3.8, 4) is 0 Å². The maximum atomic E-state index is 14.0. The molecular formula is C35H39FO2. The molecule has 2 unspecified atom stereocenters. The third-order valence-corrected chi connectivity index (χ3v) is 7.98. The molecule has 0 bridgehead atoms. The van der Waals surface area contributed by atoms with Gasteiger partial charge in [-0.1, -0.05) is 87.4 Å². The number of carbonyl (C=O) groups excluding carboxylic acids is 2. The molecule has 0 aliphatic heterocycles. The predicted octanol–water partition coefficient (Wildman–Crippen LogP) is 8.85. The number of hydrogen-bond donors (Lipinski definition) is 0. The maximum absolute atomic E-state index is 14.0. The second-order valence-electron chi connectivity index (χ2n) is 10.5. The van der Waals surface area contributed by atoms with Crippen molar-refractivity contribution in [2.24, 2.45) is 5.92 Å². The largest absolute Gasteiger partial charge is 0.300 e. The van der Waals surface area contributed by atoms with E-state index in [1.54, 1.807) is 12.1 Å². The lowest BCUT2D eigenvalue weighted by Crippen LogP contribution is -2.20. The lowest BCUT2D eigenvalue weighted by Gasteiger charge is -2.24. The number of Topliss-reactive ketones (excluding diaryl/α,β-unsaturated/α-hetero) is 2. The van der Waals surface area contributed by atoms with E-state index in [1.807, 2.05) is 31.2 Å². The van der Waals surface area contributed by atoms with Crippen molar-refractivity contribution in [2.45, 2.75) is 78.1 Å². The normalized spacial score (nSPS) is 16.9. The van der Waals surface area contributed by atoms with Gasteiger partial charge in [0.1, 0.15) is 11.6 Å². The van der Waals surface area contributed by atoms with Crippen LogP contribution in [0, 0.1) is 18.7 Å². The molecule has 4 rings (SSSR count). The Labute approximate surface area is 227 Å². The molecule has 0 fully saturated rings. The number of benzene rings is 3. The van der Waals surface area contributed by atoms with E-state index in [2.05, 4.69) is 38.1 Å². The summed E-state index contributed by atoms with van der Waals surface area (Å²) in [5.41, 5.74) is 7.45. The summed E-state index contributed by atoms with van der Waals surface area (Å²) in [5, 5.41) is 0. The third kappa shape index (κ3) is 6.38. The molecule has 1 aliphatic rings. The van der Waals surface area contributed by atoms with Crippen LogP contribution in [0.5, 0.6) is 0 Å². The highest BCUT2D eigenvalue weighted by Crippen LogP contribution is 2.46. The van der Waals surface area contributed by atoms with Gasteiger partial charge < -0.3 is 0 Å². The number of aryl methyl sites for hydroxylation is 2. The maximum Gasteiger partial charge on any atom is 0.170 e. The first-order valence-electron chi connectivity index (χ1n) is 14.1. The van der Waals surface area contributed by atoms with Gasteiger partial charge in [0.2, 0.25) is 0 Å². The SMILES string of the molecule is CCCCCC(=O)CCc1cccc(C2CC(c3ccc(F)cc3)=CC2C(=O)c2ccccc2C)c1CC. The molecule has 198 valence electrons. The molecule has 2 atom stereocenters. The number of ketones is 2. The van der Waals surface area contributed by atoms with Gasteiger partial charge in [0.25, 0.3) is 0 Å². The van der Waals surface area contributed by atoms with E-state index >= 15 is 0 Å². The summed E-state index contributed by atoms with van der Waals surface area (Å²) in [6.07, 6.45) is 8.84. The van der Waals surface area contributed by atoms with Gasteiger partial charge in [-0.2, -0.15) is 0 Å². The molecule has 3 aromatic carbocycles. The molecule has 38 heavy (non-hydrogen) atoms. The van der Waals surface area contributed by atoms with E-state index in [0.717, 1.165) is 60.8 Å². The van der Waals surface area contributed by atoms with Crippen LogP contribution in [-0.4, -0.2) is 11.6 Å². The van der Waals surface area contributed by atoms with Crippen LogP contribution in [0.4, 0.5) is 4.39 Å². The Morgan fingerprint density at radius 3 is 2.37 bits per heavy atom. The second kappa shape index (κ2) is 13.0. The topological polar surface area (TPSA) is 34.1 Å². The van der Waals surface area contributed by atoms with Crippen molar-refractivity contribution >= 4 is 17.1 Å². The smallest absolute Gasteiger partial charge is 0.170 e. The van der Waals surface area contributed by atoms with Crippen LogP contribution in [0.2, 0.25) is 0 Å². The second-order valence-corrected chi connectivity index (χ2v) is 10.5. The minimum absolute atomic E-state index is 0.00249. The number of carbonyl (C=O) groups is 2.